The molecule has 0 radical (unpaired) electrons. The van der Waals surface area contributed by atoms with E-state index in [-0.39, 0.29) is 33.7 Å². The molecule has 0 spiro atoms. The maximum atomic E-state index is 13.0. The highest BCUT2D eigenvalue weighted by Gasteiger charge is 2.30. The fourth-order valence-electron chi connectivity index (χ4n) is 3.88. The summed E-state index contributed by atoms with van der Waals surface area (Å²) in [6, 6.07) is 11.0. The van der Waals surface area contributed by atoms with Gasteiger partial charge in [-0.2, -0.15) is 9.40 Å². The van der Waals surface area contributed by atoms with E-state index < -0.39 is 14.9 Å². The van der Waals surface area contributed by atoms with Crippen LogP contribution in [0.25, 0.3) is 5.69 Å². The average Bonchev–Trinajstić information content (AvgIpc) is 3.12. The number of hydrogen-bond acceptors (Lipinski definition) is 6. The van der Waals surface area contributed by atoms with Gasteiger partial charge in [0.1, 0.15) is 5.69 Å². The Balaban J connectivity index is 1.58. The number of rotatable bonds is 5. The highest BCUT2D eigenvalue weighted by Crippen LogP contribution is 2.31. The summed E-state index contributed by atoms with van der Waals surface area (Å²) in [6.07, 6.45) is 0. The summed E-state index contributed by atoms with van der Waals surface area (Å²) in [4.78, 5) is 13.3. The normalized spacial score (nSPS) is 15.1. The Bertz CT molecular complexity index is 1330. The Morgan fingerprint density at radius 1 is 0.970 bits per heavy atom. The predicted molar refractivity (Wildman–Crippen MR) is 127 cm³/mol. The molecule has 174 valence electrons. The van der Waals surface area contributed by atoms with Crippen LogP contribution in [-0.2, 0) is 10.0 Å². The molecule has 12 heteroatoms. The SMILES string of the molecule is Cc1cc(C)n(-c2cc(N3CCN(S(=O)(=O)c4ccc(Cl)c(Cl)c4)CC3)ccc2[N+](=O)[O-])n1. The molecule has 4 rings (SSSR count). The highest BCUT2D eigenvalue weighted by molar-refractivity contribution is 7.89. The number of sulfonamides is 1. The Morgan fingerprint density at radius 3 is 2.24 bits per heavy atom. The van der Waals surface area contributed by atoms with Crippen LogP contribution in [0.2, 0.25) is 10.0 Å². The summed E-state index contributed by atoms with van der Waals surface area (Å²) in [7, 11) is -3.72. The second-order valence-electron chi connectivity index (χ2n) is 7.74. The van der Waals surface area contributed by atoms with Gasteiger partial charge in [-0.1, -0.05) is 23.2 Å². The molecule has 9 nitrogen and oxygen atoms in total. The Kier molecular flexibility index (Phi) is 6.37. The maximum Gasteiger partial charge on any atom is 0.295 e. The van der Waals surface area contributed by atoms with E-state index >= 15 is 0 Å². The number of anilines is 1. The first kappa shape index (κ1) is 23.5. The van der Waals surface area contributed by atoms with Crippen LogP contribution < -0.4 is 4.90 Å². The van der Waals surface area contributed by atoms with Gasteiger partial charge in [0.15, 0.2) is 0 Å². The van der Waals surface area contributed by atoms with Gasteiger partial charge in [0.25, 0.3) is 5.69 Å². The second kappa shape index (κ2) is 8.94. The lowest BCUT2D eigenvalue weighted by Gasteiger charge is -2.35. The molecule has 1 aliphatic rings. The van der Waals surface area contributed by atoms with Gasteiger partial charge >= 0.3 is 0 Å². The van der Waals surface area contributed by atoms with E-state index in [1.54, 1.807) is 16.8 Å². The predicted octanol–water partition coefficient (Wildman–Crippen LogP) is 4.22. The summed E-state index contributed by atoms with van der Waals surface area (Å²) in [6.45, 7) is 5.03. The van der Waals surface area contributed by atoms with E-state index in [9.17, 15) is 18.5 Å². The van der Waals surface area contributed by atoms with Crippen LogP contribution in [0, 0.1) is 24.0 Å². The van der Waals surface area contributed by atoms with Crippen molar-refractivity contribution in [2.24, 2.45) is 0 Å². The van der Waals surface area contributed by atoms with Crippen molar-refractivity contribution in [3.8, 4) is 5.69 Å². The molecule has 0 bridgehead atoms. The monoisotopic (exact) mass is 509 g/mol. The molecule has 33 heavy (non-hydrogen) atoms. The van der Waals surface area contributed by atoms with Crippen molar-refractivity contribution in [3.05, 3.63) is 74.0 Å². The molecule has 0 aliphatic carbocycles. The van der Waals surface area contributed by atoms with Gasteiger partial charge in [-0.05, 0) is 50.2 Å². The third kappa shape index (κ3) is 4.56. The quantitative estimate of drug-likeness (QED) is 0.377. The molecule has 3 aromatic rings. The summed E-state index contributed by atoms with van der Waals surface area (Å²) in [5, 5.41) is 16.4. The van der Waals surface area contributed by atoms with Gasteiger partial charge in [-0.3, -0.25) is 10.1 Å². The van der Waals surface area contributed by atoms with Gasteiger partial charge in [0, 0.05) is 43.6 Å². The average molecular weight is 510 g/mol. The number of halogens is 2. The highest BCUT2D eigenvalue weighted by atomic mass is 35.5. The van der Waals surface area contributed by atoms with Crippen LogP contribution in [0.15, 0.2) is 47.4 Å². The zero-order valence-corrected chi connectivity index (χ0v) is 20.2. The third-order valence-electron chi connectivity index (χ3n) is 5.53. The number of aromatic nitrogens is 2. The van der Waals surface area contributed by atoms with Gasteiger partial charge in [0.05, 0.1) is 25.6 Å². The Morgan fingerprint density at radius 2 is 1.67 bits per heavy atom. The largest absolute Gasteiger partial charge is 0.369 e. The van der Waals surface area contributed by atoms with Crippen LogP contribution in [0.1, 0.15) is 11.4 Å². The number of nitrogens with zero attached hydrogens (tertiary/aromatic N) is 5. The third-order valence-corrected chi connectivity index (χ3v) is 8.16. The topological polar surface area (TPSA) is 102 Å². The minimum atomic E-state index is -3.72. The lowest BCUT2D eigenvalue weighted by Crippen LogP contribution is -2.48. The number of aryl methyl sites for hydroxylation is 2. The standard InChI is InChI=1S/C21H21Cl2N5O4S/c1-14-11-15(2)27(24-14)21-12-16(3-6-20(21)28(29)30)25-7-9-26(10-8-25)33(31,32)17-4-5-18(22)19(23)13-17/h3-6,11-13H,7-10H2,1-2H3. The van der Waals surface area contributed by atoms with Crippen molar-refractivity contribution in [2.75, 3.05) is 31.1 Å². The van der Waals surface area contributed by atoms with E-state index in [0.717, 1.165) is 17.1 Å². The van der Waals surface area contributed by atoms with Gasteiger partial charge < -0.3 is 4.90 Å². The van der Waals surface area contributed by atoms with E-state index in [0.29, 0.717) is 18.8 Å². The minimum absolute atomic E-state index is 0.0502. The molecule has 0 atom stereocenters. The fraction of sp³-hybridized carbons (Fsp3) is 0.286. The van der Waals surface area contributed by atoms with Crippen molar-refractivity contribution in [1.82, 2.24) is 14.1 Å². The van der Waals surface area contributed by atoms with Gasteiger partial charge in [0.2, 0.25) is 10.0 Å². The molecular formula is C21H21Cl2N5O4S. The molecular weight excluding hydrogens is 489 g/mol. The lowest BCUT2D eigenvalue weighted by atomic mass is 10.2. The van der Waals surface area contributed by atoms with Crippen molar-refractivity contribution in [1.29, 1.82) is 0 Å². The Labute approximate surface area is 201 Å². The van der Waals surface area contributed by atoms with Crippen molar-refractivity contribution in [2.45, 2.75) is 18.7 Å². The smallest absolute Gasteiger partial charge is 0.295 e. The molecule has 1 aromatic heterocycles. The molecule has 1 saturated heterocycles. The van der Waals surface area contributed by atoms with Crippen molar-refractivity contribution in [3.63, 3.8) is 0 Å². The molecule has 0 unspecified atom stereocenters. The van der Waals surface area contributed by atoms with E-state index in [1.165, 1.54) is 28.6 Å². The number of piperazine rings is 1. The first-order valence-electron chi connectivity index (χ1n) is 10.1. The van der Waals surface area contributed by atoms with Crippen molar-refractivity contribution >= 4 is 44.6 Å². The molecule has 0 N–H and O–H groups in total. The van der Waals surface area contributed by atoms with E-state index in [2.05, 4.69) is 5.10 Å². The zero-order chi connectivity index (χ0) is 23.9. The van der Waals surface area contributed by atoms with Crippen molar-refractivity contribution < 1.29 is 13.3 Å². The summed E-state index contributed by atoms with van der Waals surface area (Å²) in [5.41, 5.74) is 2.62. The summed E-state index contributed by atoms with van der Waals surface area (Å²) >= 11 is 11.9. The van der Waals surface area contributed by atoms with Crippen LogP contribution in [0.4, 0.5) is 11.4 Å². The molecule has 2 aromatic carbocycles. The summed E-state index contributed by atoms with van der Waals surface area (Å²) < 4.78 is 29.0. The minimum Gasteiger partial charge on any atom is -0.369 e. The van der Waals surface area contributed by atoms with E-state index in [4.69, 9.17) is 23.2 Å². The fourth-order valence-corrected chi connectivity index (χ4v) is 5.69. The molecule has 0 saturated carbocycles. The first-order chi connectivity index (χ1) is 15.6. The number of benzene rings is 2. The molecule has 2 heterocycles. The molecule has 0 amide bonds. The first-order valence-corrected chi connectivity index (χ1v) is 12.3. The van der Waals surface area contributed by atoms with Crippen LogP contribution in [0.3, 0.4) is 0 Å². The molecule has 1 aliphatic heterocycles. The number of nitro groups is 1. The van der Waals surface area contributed by atoms with Crippen LogP contribution in [-0.4, -0.2) is 53.6 Å². The lowest BCUT2D eigenvalue weighted by molar-refractivity contribution is -0.384. The van der Waals surface area contributed by atoms with Gasteiger partial charge in [-0.15, -0.1) is 0 Å². The summed E-state index contributed by atoms with van der Waals surface area (Å²) in [5.74, 6) is 0. The second-order valence-corrected chi connectivity index (χ2v) is 10.5. The number of hydrogen-bond donors (Lipinski definition) is 0. The number of nitro benzene ring substituents is 1. The zero-order valence-electron chi connectivity index (χ0n) is 17.9. The van der Waals surface area contributed by atoms with Crippen LogP contribution in [0.5, 0.6) is 0 Å². The Hall–Kier alpha value is -2.66. The van der Waals surface area contributed by atoms with E-state index in [1.807, 2.05) is 24.8 Å². The molecule has 1 fully saturated rings. The van der Waals surface area contributed by atoms with Gasteiger partial charge in [-0.25, -0.2) is 13.1 Å². The van der Waals surface area contributed by atoms with Crippen LogP contribution >= 0.6 is 23.2 Å². The maximum absolute atomic E-state index is 13.0.